The Balaban J connectivity index is 2.09. The Hall–Kier alpha value is -3.01. The van der Waals surface area contributed by atoms with Crippen LogP contribution in [0.4, 0.5) is 0 Å². The molecule has 26 heavy (non-hydrogen) atoms. The van der Waals surface area contributed by atoms with Gasteiger partial charge < -0.3 is 0 Å². The highest BCUT2D eigenvalue weighted by molar-refractivity contribution is 6.11. The van der Waals surface area contributed by atoms with E-state index in [1.54, 1.807) is 17.1 Å². The molecule has 1 aliphatic carbocycles. The van der Waals surface area contributed by atoms with Gasteiger partial charge in [-0.15, -0.1) is 0 Å². The van der Waals surface area contributed by atoms with Gasteiger partial charge in [-0.3, -0.25) is 14.5 Å². The highest BCUT2D eigenvalue weighted by Crippen LogP contribution is 2.26. The number of allylic oxidation sites excluding steroid dienone is 6. The van der Waals surface area contributed by atoms with Crippen molar-refractivity contribution in [2.45, 2.75) is 26.7 Å². The van der Waals surface area contributed by atoms with Crippen LogP contribution in [-0.2, 0) is 7.05 Å². The van der Waals surface area contributed by atoms with Gasteiger partial charge in [-0.05, 0) is 44.4 Å². The van der Waals surface area contributed by atoms with Gasteiger partial charge in [0.2, 0.25) is 0 Å². The lowest BCUT2D eigenvalue weighted by atomic mass is 9.95. The van der Waals surface area contributed by atoms with E-state index < -0.39 is 0 Å². The van der Waals surface area contributed by atoms with Crippen molar-refractivity contribution in [3.05, 3.63) is 77.4 Å². The molecule has 4 nitrogen and oxygen atoms in total. The van der Waals surface area contributed by atoms with Crippen molar-refractivity contribution >= 4 is 11.9 Å². The molecule has 0 aromatic carbocycles. The summed E-state index contributed by atoms with van der Waals surface area (Å²) in [5, 5.41) is 4.20. The predicted molar refractivity (Wildman–Crippen MR) is 106 cm³/mol. The molecule has 132 valence electrons. The van der Waals surface area contributed by atoms with Crippen LogP contribution in [0.2, 0.25) is 0 Å². The number of hydrogen-bond acceptors (Lipinski definition) is 3. The van der Waals surface area contributed by atoms with E-state index in [1.165, 1.54) is 0 Å². The van der Waals surface area contributed by atoms with Crippen LogP contribution in [-0.4, -0.2) is 20.5 Å². The van der Waals surface area contributed by atoms with Crippen LogP contribution in [0.1, 0.15) is 42.7 Å². The number of fused-ring (bicyclic) bond motifs is 1. The van der Waals surface area contributed by atoms with Crippen molar-refractivity contribution < 1.29 is 4.79 Å². The third-order valence-corrected chi connectivity index (χ3v) is 4.45. The summed E-state index contributed by atoms with van der Waals surface area (Å²) in [6, 6.07) is 1.92. The van der Waals surface area contributed by atoms with Crippen molar-refractivity contribution in [1.29, 1.82) is 0 Å². The number of Topliss-reactive ketones (excluding diaryl/α,β-unsaturated/α-hetero) is 1. The number of pyridine rings is 1. The van der Waals surface area contributed by atoms with Gasteiger partial charge in [0.1, 0.15) is 0 Å². The summed E-state index contributed by atoms with van der Waals surface area (Å²) in [6.45, 7) is 7.74. The van der Waals surface area contributed by atoms with Crippen molar-refractivity contribution in [3.63, 3.8) is 0 Å². The molecule has 0 amide bonds. The van der Waals surface area contributed by atoms with Gasteiger partial charge in [0.05, 0.1) is 11.9 Å². The Morgan fingerprint density at radius 2 is 2.12 bits per heavy atom. The molecule has 0 aliphatic heterocycles. The first-order valence-corrected chi connectivity index (χ1v) is 8.69. The standard InChI is InChI=1S/C22H23N3O/c1-15(2)9-10-17-7-5-6-8-21-20(22(26)16(17)3)11-18(12-23-21)19-13-24-25(4)14-19/h6,8-14H,1,5,7H2,2-4H3/b8-6-,10-9-,17-16+. The van der Waals surface area contributed by atoms with Crippen LogP contribution >= 0.6 is 0 Å². The fourth-order valence-electron chi connectivity index (χ4n) is 2.94. The van der Waals surface area contributed by atoms with Gasteiger partial charge >= 0.3 is 0 Å². The maximum absolute atomic E-state index is 13.2. The molecule has 4 heteroatoms. The van der Waals surface area contributed by atoms with E-state index in [0.717, 1.165) is 40.7 Å². The summed E-state index contributed by atoms with van der Waals surface area (Å²) in [7, 11) is 1.87. The van der Waals surface area contributed by atoms with Gasteiger partial charge in [0.25, 0.3) is 0 Å². The molecule has 0 fully saturated rings. The molecular formula is C22H23N3O. The zero-order valence-corrected chi connectivity index (χ0v) is 15.5. The van der Waals surface area contributed by atoms with Crippen molar-refractivity contribution in [3.8, 4) is 11.1 Å². The van der Waals surface area contributed by atoms with Gasteiger partial charge in [-0.2, -0.15) is 5.10 Å². The lowest BCUT2D eigenvalue weighted by molar-refractivity contribution is 0.103. The highest BCUT2D eigenvalue weighted by Gasteiger charge is 2.18. The SMILES string of the molecule is C=C(C)/C=C\C1=C(/C)C(=O)c2cc(-c3cnn(C)c3)cnc2/C=C\CC1. The summed E-state index contributed by atoms with van der Waals surface area (Å²) in [4.78, 5) is 17.7. The molecule has 0 saturated heterocycles. The van der Waals surface area contributed by atoms with Crippen LogP contribution in [0.3, 0.4) is 0 Å². The van der Waals surface area contributed by atoms with Crippen LogP contribution in [0.15, 0.2) is 66.2 Å². The van der Waals surface area contributed by atoms with Gasteiger partial charge in [0, 0.05) is 41.7 Å². The first-order valence-electron chi connectivity index (χ1n) is 8.69. The van der Waals surface area contributed by atoms with Gasteiger partial charge in [0.15, 0.2) is 5.78 Å². The molecule has 3 rings (SSSR count). The van der Waals surface area contributed by atoms with E-state index in [4.69, 9.17) is 0 Å². The highest BCUT2D eigenvalue weighted by atomic mass is 16.1. The van der Waals surface area contributed by atoms with E-state index >= 15 is 0 Å². The quantitative estimate of drug-likeness (QED) is 0.742. The van der Waals surface area contributed by atoms with E-state index in [9.17, 15) is 4.79 Å². The summed E-state index contributed by atoms with van der Waals surface area (Å²) in [5.74, 6) is 0.0196. The zero-order chi connectivity index (χ0) is 18.7. The Kier molecular flexibility index (Phi) is 5.12. The molecule has 0 spiro atoms. The molecule has 2 aromatic heterocycles. The number of rotatable bonds is 3. The van der Waals surface area contributed by atoms with E-state index in [0.29, 0.717) is 11.3 Å². The molecule has 0 atom stereocenters. The summed E-state index contributed by atoms with van der Waals surface area (Å²) >= 11 is 0. The second kappa shape index (κ2) is 7.48. The van der Waals surface area contributed by atoms with Crippen molar-refractivity contribution in [2.24, 2.45) is 7.05 Å². The molecule has 0 bridgehead atoms. The Labute approximate surface area is 154 Å². The summed E-state index contributed by atoms with van der Waals surface area (Å²) < 4.78 is 1.74. The normalized spacial score (nSPS) is 19.0. The number of carbonyl (C=O) groups excluding carboxylic acids is 1. The van der Waals surface area contributed by atoms with Crippen molar-refractivity contribution in [2.75, 3.05) is 0 Å². The van der Waals surface area contributed by atoms with E-state index in [1.807, 2.05) is 51.4 Å². The second-order valence-electron chi connectivity index (χ2n) is 6.66. The Morgan fingerprint density at radius 1 is 1.31 bits per heavy atom. The number of aryl methyl sites for hydroxylation is 1. The second-order valence-corrected chi connectivity index (χ2v) is 6.66. The third-order valence-electron chi connectivity index (χ3n) is 4.45. The van der Waals surface area contributed by atoms with Crippen LogP contribution in [0.5, 0.6) is 0 Å². The third kappa shape index (κ3) is 3.80. The monoisotopic (exact) mass is 345 g/mol. The minimum atomic E-state index is 0.0196. The zero-order valence-electron chi connectivity index (χ0n) is 15.5. The van der Waals surface area contributed by atoms with E-state index in [2.05, 4.69) is 22.7 Å². The number of carbonyl (C=O) groups is 1. The van der Waals surface area contributed by atoms with Crippen LogP contribution < -0.4 is 0 Å². The smallest absolute Gasteiger partial charge is 0.191 e. The maximum atomic E-state index is 13.2. The summed E-state index contributed by atoms with van der Waals surface area (Å²) in [5.41, 5.74) is 5.96. The Morgan fingerprint density at radius 3 is 2.81 bits per heavy atom. The molecular weight excluding hydrogens is 322 g/mol. The minimum Gasteiger partial charge on any atom is -0.289 e. The maximum Gasteiger partial charge on any atom is 0.191 e. The summed E-state index contributed by atoms with van der Waals surface area (Å²) in [6.07, 6.45) is 15.2. The first kappa shape index (κ1) is 17.8. The average Bonchev–Trinajstić information content (AvgIpc) is 3.07. The topological polar surface area (TPSA) is 47.8 Å². The van der Waals surface area contributed by atoms with Crippen LogP contribution in [0.25, 0.3) is 17.2 Å². The molecule has 0 radical (unpaired) electrons. The number of ketones is 1. The number of aromatic nitrogens is 3. The average molecular weight is 345 g/mol. The predicted octanol–water partition coefficient (Wildman–Crippen LogP) is 4.92. The Bertz CT molecular complexity index is 958. The van der Waals surface area contributed by atoms with Crippen molar-refractivity contribution in [1.82, 2.24) is 14.8 Å². The molecule has 2 aromatic rings. The fourth-order valence-corrected chi connectivity index (χ4v) is 2.94. The molecule has 2 heterocycles. The van der Waals surface area contributed by atoms with Gasteiger partial charge in [-0.1, -0.05) is 30.4 Å². The fraction of sp³-hybridized carbons (Fsp3) is 0.227. The minimum absolute atomic E-state index is 0.0196. The molecule has 0 unspecified atom stereocenters. The van der Waals surface area contributed by atoms with Gasteiger partial charge in [-0.25, -0.2) is 0 Å². The molecule has 0 N–H and O–H groups in total. The largest absolute Gasteiger partial charge is 0.289 e. The lowest BCUT2D eigenvalue weighted by Gasteiger charge is -2.09. The first-order chi connectivity index (χ1) is 12.5. The lowest BCUT2D eigenvalue weighted by Crippen LogP contribution is -2.07. The molecule has 0 saturated carbocycles. The molecule has 1 aliphatic rings. The van der Waals surface area contributed by atoms with Crippen LogP contribution in [0, 0.1) is 0 Å². The van der Waals surface area contributed by atoms with E-state index in [-0.39, 0.29) is 5.78 Å². The number of hydrogen-bond donors (Lipinski definition) is 0. The number of nitrogens with zero attached hydrogens (tertiary/aromatic N) is 3.